The topological polar surface area (TPSA) is 3.24 Å². The fourth-order valence-corrected chi connectivity index (χ4v) is 2.27. The maximum Gasteiger partial charge on any atom is 0.0151 e. The van der Waals surface area contributed by atoms with Gasteiger partial charge in [-0.3, -0.25) is 0 Å². The molecule has 2 aliphatic carbocycles. The summed E-state index contributed by atoms with van der Waals surface area (Å²) in [6, 6.07) is 1.67. The van der Waals surface area contributed by atoms with Gasteiger partial charge in [0, 0.05) is 12.1 Å². The number of rotatable bonds is 4. The minimum atomic E-state index is 0.733. The summed E-state index contributed by atoms with van der Waals surface area (Å²) in [6.07, 6.45) is 5.99. The predicted octanol–water partition coefficient (Wildman–Crippen LogP) is 2.52. The van der Waals surface area contributed by atoms with Gasteiger partial charge in [-0.05, 0) is 58.4 Å². The van der Waals surface area contributed by atoms with E-state index in [1.807, 2.05) is 0 Å². The molecule has 0 radical (unpaired) electrons. The molecule has 0 aliphatic heterocycles. The number of nitrogens with zero attached hydrogens (tertiary/aromatic N) is 1. The Morgan fingerprint density at radius 1 is 1.00 bits per heavy atom. The number of hydrogen-bond acceptors (Lipinski definition) is 1. The molecule has 2 rings (SSSR count). The lowest BCUT2D eigenvalue weighted by atomic mass is 10.0. The third-order valence-electron chi connectivity index (χ3n) is 3.49. The van der Waals surface area contributed by atoms with Crippen LogP contribution < -0.4 is 0 Å². The van der Waals surface area contributed by atoms with Gasteiger partial charge in [-0.2, -0.15) is 0 Å². The lowest BCUT2D eigenvalue weighted by Crippen LogP contribution is -2.40. The standard InChI is InChI=1S/C11H21N/c1-8(2)12(3)11(9-4-5-9)10-6-7-10/h8-11H,4-7H2,1-3H3. The highest BCUT2D eigenvalue weighted by molar-refractivity contribution is 4.97. The summed E-state index contributed by atoms with van der Waals surface area (Å²) >= 11 is 0. The lowest BCUT2D eigenvalue weighted by molar-refractivity contribution is 0.155. The highest BCUT2D eigenvalue weighted by atomic mass is 15.2. The minimum absolute atomic E-state index is 0.733. The summed E-state index contributed by atoms with van der Waals surface area (Å²) < 4.78 is 0. The molecular weight excluding hydrogens is 146 g/mol. The zero-order chi connectivity index (χ0) is 8.72. The van der Waals surface area contributed by atoms with E-state index in [2.05, 4.69) is 25.8 Å². The molecule has 0 N–H and O–H groups in total. The molecule has 12 heavy (non-hydrogen) atoms. The van der Waals surface area contributed by atoms with Crippen molar-refractivity contribution in [3.05, 3.63) is 0 Å². The van der Waals surface area contributed by atoms with Gasteiger partial charge in [0.05, 0.1) is 0 Å². The van der Waals surface area contributed by atoms with Gasteiger partial charge in [-0.1, -0.05) is 0 Å². The molecule has 0 spiro atoms. The summed E-state index contributed by atoms with van der Waals surface area (Å²) in [4.78, 5) is 2.61. The molecule has 0 bridgehead atoms. The molecule has 2 fully saturated rings. The monoisotopic (exact) mass is 167 g/mol. The van der Waals surface area contributed by atoms with E-state index in [-0.39, 0.29) is 0 Å². The number of hydrogen-bond donors (Lipinski definition) is 0. The summed E-state index contributed by atoms with van der Waals surface area (Å²) in [6.45, 7) is 4.63. The van der Waals surface area contributed by atoms with E-state index < -0.39 is 0 Å². The second kappa shape index (κ2) is 3.02. The van der Waals surface area contributed by atoms with Crippen LogP contribution in [0.3, 0.4) is 0 Å². The van der Waals surface area contributed by atoms with Gasteiger partial charge < -0.3 is 4.90 Å². The zero-order valence-electron chi connectivity index (χ0n) is 8.59. The van der Waals surface area contributed by atoms with Crippen LogP contribution in [0.1, 0.15) is 39.5 Å². The Labute approximate surface area is 76.1 Å². The summed E-state index contributed by atoms with van der Waals surface area (Å²) in [5, 5.41) is 0. The van der Waals surface area contributed by atoms with Crippen LogP contribution in [-0.4, -0.2) is 24.0 Å². The Bertz CT molecular complexity index is 144. The van der Waals surface area contributed by atoms with Crippen LogP contribution in [0.5, 0.6) is 0 Å². The maximum absolute atomic E-state index is 2.61. The Balaban J connectivity index is 1.94. The summed E-state index contributed by atoms with van der Waals surface area (Å²) in [5.41, 5.74) is 0. The van der Waals surface area contributed by atoms with E-state index in [1.54, 1.807) is 0 Å². The molecule has 0 aromatic rings. The highest BCUT2D eigenvalue weighted by Crippen LogP contribution is 2.47. The molecule has 1 heteroatoms. The molecule has 0 unspecified atom stereocenters. The van der Waals surface area contributed by atoms with Crippen molar-refractivity contribution in [2.45, 2.75) is 51.6 Å². The quantitative estimate of drug-likeness (QED) is 0.622. The van der Waals surface area contributed by atoms with Crippen LogP contribution in [0.25, 0.3) is 0 Å². The van der Waals surface area contributed by atoms with Crippen LogP contribution in [0, 0.1) is 11.8 Å². The first-order valence-corrected chi connectivity index (χ1v) is 5.42. The summed E-state index contributed by atoms with van der Waals surface area (Å²) in [5.74, 6) is 2.12. The molecule has 1 nitrogen and oxygen atoms in total. The van der Waals surface area contributed by atoms with Gasteiger partial charge in [0.25, 0.3) is 0 Å². The molecule has 2 aliphatic rings. The second-order valence-electron chi connectivity index (χ2n) is 4.92. The van der Waals surface area contributed by atoms with Crippen LogP contribution in [0.4, 0.5) is 0 Å². The molecule has 0 amide bonds. The van der Waals surface area contributed by atoms with Crippen molar-refractivity contribution in [1.82, 2.24) is 4.90 Å². The van der Waals surface area contributed by atoms with Crippen molar-refractivity contribution < 1.29 is 0 Å². The average molecular weight is 167 g/mol. The van der Waals surface area contributed by atoms with Crippen molar-refractivity contribution in [2.24, 2.45) is 11.8 Å². The fraction of sp³-hybridized carbons (Fsp3) is 1.00. The van der Waals surface area contributed by atoms with Crippen LogP contribution in [0.2, 0.25) is 0 Å². The average Bonchev–Trinajstić information content (AvgIpc) is 2.81. The van der Waals surface area contributed by atoms with E-state index in [0.29, 0.717) is 0 Å². The van der Waals surface area contributed by atoms with Gasteiger partial charge in [0.15, 0.2) is 0 Å². The minimum Gasteiger partial charge on any atom is -0.300 e. The molecule has 2 saturated carbocycles. The van der Waals surface area contributed by atoms with E-state index in [4.69, 9.17) is 0 Å². The zero-order valence-corrected chi connectivity index (χ0v) is 8.59. The Morgan fingerprint density at radius 2 is 1.42 bits per heavy atom. The van der Waals surface area contributed by atoms with E-state index in [0.717, 1.165) is 23.9 Å². The van der Waals surface area contributed by atoms with Gasteiger partial charge in [-0.15, -0.1) is 0 Å². The van der Waals surface area contributed by atoms with E-state index in [1.165, 1.54) is 25.7 Å². The molecule has 70 valence electrons. The van der Waals surface area contributed by atoms with E-state index >= 15 is 0 Å². The van der Waals surface area contributed by atoms with Gasteiger partial charge in [0.2, 0.25) is 0 Å². The second-order valence-corrected chi connectivity index (χ2v) is 4.92. The maximum atomic E-state index is 2.61. The smallest absolute Gasteiger partial charge is 0.0151 e. The molecule has 0 aromatic carbocycles. The van der Waals surface area contributed by atoms with Gasteiger partial charge in [0.1, 0.15) is 0 Å². The Morgan fingerprint density at radius 3 is 1.67 bits per heavy atom. The Hall–Kier alpha value is -0.0400. The molecule has 0 atom stereocenters. The highest BCUT2D eigenvalue weighted by Gasteiger charge is 2.43. The molecule has 0 saturated heterocycles. The van der Waals surface area contributed by atoms with Crippen LogP contribution in [-0.2, 0) is 0 Å². The predicted molar refractivity (Wildman–Crippen MR) is 52.1 cm³/mol. The molecule has 0 heterocycles. The lowest BCUT2D eigenvalue weighted by Gasteiger charge is -2.31. The van der Waals surface area contributed by atoms with Crippen molar-refractivity contribution in [1.29, 1.82) is 0 Å². The largest absolute Gasteiger partial charge is 0.300 e. The third-order valence-corrected chi connectivity index (χ3v) is 3.49. The van der Waals surface area contributed by atoms with Crippen molar-refractivity contribution in [3.63, 3.8) is 0 Å². The normalized spacial score (nSPS) is 24.5. The van der Waals surface area contributed by atoms with Crippen molar-refractivity contribution >= 4 is 0 Å². The third kappa shape index (κ3) is 1.66. The first kappa shape index (κ1) is 8.55. The van der Waals surface area contributed by atoms with Crippen molar-refractivity contribution in [2.75, 3.05) is 7.05 Å². The van der Waals surface area contributed by atoms with Crippen LogP contribution >= 0.6 is 0 Å². The first-order chi connectivity index (χ1) is 5.70. The van der Waals surface area contributed by atoms with E-state index in [9.17, 15) is 0 Å². The molecule has 0 aromatic heterocycles. The SMILES string of the molecule is CC(C)N(C)C(C1CC1)C1CC1. The fourth-order valence-electron chi connectivity index (χ4n) is 2.27. The summed E-state index contributed by atoms with van der Waals surface area (Å²) in [7, 11) is 2.31. The molecular formula is C11H21N. The first-order valence-electron chi connectivity index (χ1n) is 5.42. The van der Waals surface area contributed by atoms with Gasteiger partial charge in [-0.25, -0.2) is 0 Å². The Kier molecular flexibility index (Phi) is 2.16. The van der Waals surface area contributed by atoms with Crippen molar-refractivity contribution in [3.8, 4) is 0 Å². The van der Waals surface area contributed by atoms with Gasteiger partial charge >= 0.3 is 0 Å². The van der Waals surface area contributed by atoms with Crippen LogP contribution in [0.15, 0.2) is 0 Å².